The van der Waals surface area contributed by atoms with Gasteiger partial charge in [0, 0.05) is 31.4 Å². The van der Waals surface area contributed by atoms with Crippen LogP contribution in [0.25, 0.3) is 0 Å². The number of hydrogen-bond donors (Lipinski definition) is 1. The van der Waals surface area contributed by atoms with Crippen LogP contribution in [-0.2, 0) is 6.18 Å². The average molecular weight is 272 g/mol. The summed E-state index contributed by atoms with van der Waals surface area (Å²) in [6.45, 7) is 6.27. The first-order valence-corrected chi connectivity index (χ1v) is 6.58. The summed E-state index contributed by atoms with van der Waals surface area (Å²) in [6.07, 6.45) is -3.30. The zero-order valence-electron chi connectivity index (χ0n) is 11.2. The van der Waals surface area contributed by atoms with Crippen molar-refractivity contribution in [2.75, 3.05) is 24.5 Å². The molecule has 0 aliphatic carbocycles. The SMILES string of the molecule is CCC1CN(c2cc(C(F)(F)F)ccc2C)CCN1. The second-order valence-corrected chi connectivity index (χ2v) is 5.00. The molecule has 0 amide bonds. The third-order valence-electron chi connectivity index (χ3n) is 3.63. The molecule has 2 nitrogen and oxygen atoms in total. The van der Waals surface area contributed by atoms with E-state index in [0.717, 1.165) is 37.7 Å². The third kappa shape index (κ3) is 3.21. The van der Waals surface area contributed by atoms with Gasteiger partial charge in [0.2, 0.25) is 0 Å². The Morgan fingerprint density at radius 3 is 2.74 bits per heavy atom. The van der Waals surface area contributed by atoms with Crippen LogP contribution in [0.4, 0.5) is 18.9 Å². The summed E-state index contributed by atoms with van der Waals surface area (Å²) < 4.78 is 38.3. The quantitative estimate of drug-likeness (QED) is 0.889. The Morgan fingerprint density at radius 2 is 2.11 bits per heavy atom. The fourth-order valence-electron chi connectivity index (χ4n) is 2.44. The van der Waals surface area contributed by atoms with Gasteiger partial charge in [0.25, 0.3) is 0 Å². The number of nitrogens with one attached hydrogen (secondary N) is 1. The highest BCUT2D eigenvalue weighted by Crippen LogP contribution is 2.33. The largest absolute Gasteiger partial charge is 0.416 e. The van der Waals surface area contributed by atoms with Crippen LogP contribution in [0.5, 0.6) is 0 Å². The van der Waals surface area contributed by atoms with E-state index in [1.54, 1.807) is 6.07 Å². The van der Waals surface area contributed by atoms with Crippen LogP contribution in [0.1, 0.15) is 24.5 Å². The zero-order valence-corrected chi connectivity index (χ0v) is 11.2. The summed E-state index contributed by atoms with van der Waals surface area (Å²) in [6, 6.07) is 4.33. The molecule has 0 saturated carbocycles. The molecule has 1 N–H and O–H groups in total. The number of piperazine rings is 1. The van der Waals surface area contributed by atoms with Crippen LogP contribution in [-0.4, -0.2) is 25.7 Å². The average Bonchev–Trinajstić information content (AvgIpc) is 2.38. The van der Waals surface area contributed by atoms with Crippen molar-refractivity contribution in [2.45, 2.75) is 32.5 Å². The lowest BCUT2D eigenvalue weighted by molar-refractivity contribution is -0.137. The zero-order chi connectivity index (χ0) is 14.0. The molecule has 1 aliphatic heterocycles. The van der Waals surface area contributed by atoms with Gasteiger partial charge < -0.3 is 10.2 Å². The number of anilines is 1. The highest BCUT2D eigenvalue weighted by atomic mass is 19.4. The van der Waals surface area contributed by atoms with Crippen LogP contribution in [0.15, 0.2) is 18.2 Å². The molecule has 1 unspecified atom stereocenters. The Bertz CT molecular complexity index is 443. The van der Waals surface area contributed by atoms with Crippen LogP contribution in [0.2, 0.25) is 0 Å². The van der Waals surface area contributed by atoms with Crippen LogP contribution in [0, 0.1) is 6.92 Å². The van der Waals surface area contributed by atoms with Gasteiger partial charge in [-0.15, -0.1) is 0 Å². The van der Waals surface area contributed by atoms with E-state index in [9.17, 15) is 13.2 Å². The third-order valence-corrected chi connectivity index (χ3v) is 3.63. The Balaban J connectivity index is 2.28. The van der Waals surface area contributed by atoms with E-state index >= 15 is 0 Å². The molecule has 0 bridgehead atoms. The molecule has 0 radical (unpaired) electrons. The maximum Gasteiger partial charge on any atom is 0.416 e. The van der Waals surface area contributed by atoms with E-state index in [1.165, 1.54) is 6.07 Å². The van der Waals surface area contributed by atoms with Crippen LogP contribution in [0.3, 0.4) is 0 Å². The smallest absolute Gasteiger partial charge is 0.368 e. The molecule has 2 rings (SSSR count). The second kappa shape index (κ2) is 5.41. The molecular weight excluding hydrogens is 253 g/mol. The van der Waals surface area contributed by atoms with Gasteiger partial charge in [0.05, 0.1) is 5.56 Å². The number of nitrogens with zero attached hydrogens (tertiary/aromatic N) is 1. The van der Waals surface area contributed by atoms with Gasteiger partial charge in [-0.1, -0.05) is 13.0 Å². The standard InChI is InChI=1S/C14H19F3N2/c1-3-12-9-19(7-6-18-12)13-8-11(14(15,16)17)5-4-10(13)2/h4-5,8,12,18H,3,6-7,9H2,1-2H3. The van der Waals surface area contributed by atoms with E-state index in [1.807, 2.05) is 6.92 Å². The maximum atomic E-state index is 12.8. The van der Waals surface area contributed by atoms with Gasteiger partial charge in [0.15, 0.2) is 0 Å². The number of rotatable bonds is 2. The molecule has 1 aromatic carbocycles. The van der Waals surface area contributed by atoms with E-state index < -0.39 is 11.7 Å². The number of hydrogen-bond acceptors (Lipinski definition) is 2. The highest BCUT2D eigenvalue weighted by Gasteiger charge is 2.31. The minimum absolute atomic E-state index is 0.350. The summed E-state index contributed by atoms with van der Waals surface area (Å²) in [5.74, 6) is 0. The first kappa shape index (κ1) is 14.2. The van der Waals surface area contributed by atoms with Crippen molar-refractivity contribution in [1.29, 1.82) is 0 Å². The maximum absolute atomic E-state index is 12.8. The molecule has 1 aromatic rings. The number of alkyl halides is 3. The number of halogens is 3. The minimum Gasteiger partial charge on any atom is -0.368 e. The molecule has 1 aliphatic rings. The lowest BCUT2D eigenvalue weighted by atomic mass is 10.1. The van der Waals surface area contributed by atoms with E-state index in [0.29, 0.717) is 11.7 Å². The van der Waals surface area contributed by atoms with Gasteiger partial charge in [-0.2, -0.15) is 13.2 Å². The summed E-state index contributed by atoms with van der Waals surface area (Å²) in [5.41, 5.74) is 1.03. The van der Waals surface area contributed by atoms with Crippen molar-refractivity contribution < 1.29 is 13.2 Å². The normalized spacial score (nSPS) is 20.7. The summed E-state index contributed by atoms with van der Waals surface area (Å²) in [7, 11) is 0. The fourth-order valence-corrected chi connectivity index (χ4v) is 2.44. The van der Waals surface area contributed by atoms with E-state index in [4.69, 9.17) is 0 Å². The molecule has 1 fully saturated rings. The molecule has 0 aromatic heterocycles. The van der Waals surface area contributed by atoms with Gasteiger partial charge >= 0.3 is 6.18 Å². The lowest BCUT2D eigenvalue weighted by Gasteiger charge is -2.36. The Labute approximate surface area is 111 Å². The lowest BCUT2D eigenvalue weighted by Crippen LogP contribution is -2.50. The van der Waals surface area contributed by atoms with Gasteiger partial charge in [-0.3, -0.25) is 0 Å². The van der Waals surface area contributed by atoms with Crippen LogP contribution >= 0.6 is 0 Å². The fraction of sp³-hybridized carbons (Fsp3) is 0.571. The van der Waals surface area contributed by atoms with Crippen molar-refractivity contribution in [3.05, 3.63) is 29.3 Å². The predicted octanol–water partition coefficient (Wildman–Crippen LogP) is 3.20. The number of aryl methyl sites for hydroxylation is 1. The summed E-state index contributed by atoms with van der Waals surface area (Å²) >= 11 is 0. The molecule has 106 valence electrons. The molecule has 0 spiro atoms. The summed E-state index contributed by atoms with van der Waals surface area (Å²) in [5, 5.41) is 3.37. The van der Waals surface area contributed by atoms with Gasteiger partial charge in [0.1, 0.15) is 0 Å². The van der Waals surface area contributed by atoms with Crippen molar-refractivity contribution >= 4 is 5.69 Å². The monoisotopic (exact) mass is 272 g/mol. The predicted molar refractivity (Wildman–Crippen MR) is 70.5 cm³/mol. The molecule has 19 heavy (non-hydrogen) atoms. The summed E-state index contributed by atoms with van der Waals surface area (Å²) in [4.78, 5) is 2.05. The molecular formula is C14H19F3N2. The minimum atomic E-state index is -4.28. The highest BCUT2D eigenvalue weighted by molar-refractivity contribution is 5.56. The van der Waals surface area contributed by atoms with Crippen LogP contribution < -0.4 is 10.2 Å². The Morgan fingerprint density at radius 1 is 1.37 bits per heavy atom. The first-order valence-electron chi connectivity index (χ1n) is 6.58. The van der Waals surface area contributed by atoms with E-state index in [2.05, 4.69) is 17.1 Å². The Kier molecular flexibility index (Phi) is 4.04. The topological polar surface area (TPSA) is 15.3 Å². The second-order valence-electron chi connectivity index (χ2n) is 5.00. The molecule has 1 saturated heterocycles. The molecule has 1 heterocycles. The van der Waals surface area contributed by atoms with Crippen molar-refractivity contribution in [1.82, 2.24) is 5.32 Å². The molecule has 1 atom stereocenters. The number of benzene rings is 1. The Hall–Kier alpha value is -1.23. The van der Waals surface area contributed by atoms with E-state index in [-0.39, 0.29) is 0 Å². The van der Waals surface area contributed by atoms with Crippen molar-refractivity contribution in [2.24, 2.45) is 0 Å². The van der Waals surface area contributed by atoms with Gasteiger partial charge in [-0.05, 0) is 31.0 Å². The van der Waals surface area contributed by atoms with Gasteiger partial charge in [-0.25, -0.2) is 0 Å². The first-order chi connectivity index (χ1) is 8.91. The van der Waals surface area contributed by atoms with Crippen molar-refractivity contribution in [3.8, 4) is 0 Å². The van der Waals surface area contributed by atoms with Crippen molar-refractivity contribution in [3.63, 3.8) is 0 Å². The molecule has 5 heteroatoms.